The van der Waals surface area contributed by atoms with Gasteiger partial charge in [0.25, 0.3) is 0 Å². The van der Waals surface area contributed by atoms with Gasteiger partial charge in [0.05, 0.1) is 0 Å². The van der Waals surface area contributed by atoms with E-state index in [4.69, 9.17) is 4.74 Å². The average molecular weight is 318 g/mol. The van der Waals surface area contributed by atoms with Crippen molar-refractivity contribution in [1.29, 1.82) is 0 Å². The molecule has 1 aromatic heterocycles. The Labute approximate surface area is 133 Å². The Hall–Kier alpha value is -2.21. The highest BCUT2D eigenvalue weighted by atomic mass is 32.1. The van der Waals surface area contributed by atoms with E-state index in [1.807, 2.05) is 44.2 Å². The number of hydrogen-bond donors (Lipinski definition) is 1. The Kier molecular flexibility index (Phi) is 5.66. The van der Waals surface area contributed by atoms with Gasteiger partial charge in [0.15, 0.2) is 5.01 Å². The second-order valence-electron chi connectivity index (χ2n) is 5.13. The summed E-state index contributed by atoms with van der Waals surface area (Å²) in [7, 11) is 0. The molecule has 0 aliphatic heterocycles. The minimum absolute atomic E-state index is 0.0549. The number of amides is 1. The van der Waals surface area contributed by atoms with Crippen LogP contribution in [0, 0.1) is 5.92 Å². The van der Waals surface area contributed by atoms with Crippen molar-refractivity contribution in [1.82, 2.24) is 10.3 Å². The molecule has 0 bridgehead atoms. The zero-order valence-corrected chi connectivity index (χ0v) is 13.3. The summed E-state index contributed by atoms with van der Waals surface area (Å²) < 4.78 is 5.16. The Balaban J connectivity index is 1.93. The third-order valence-electron chi connectivity index (χ3n) is 3.08. The molecule has 1 amide bonds. The fourth-order valence-corrected chi connectivity index (χ4v) is 2.52. The molecule has 0 radical (unpaired) electrons. The molecule has 0 spiro atoms. The summed E-state index contributed by atoms with van der Waals surface area (Å²) in [5, 5.41) is 4.76. The van der Waals surface area contributed by atoms with Crippen molar-refractivity contribution in [3.05, 3.63) is 52.5 Å². The molecule has 1 heterocycles. The van der Waals surface area contributed by atoms with E-state index >= 15 is 0 Å². The number of nitrogens with zero attached hydrogens (tertiary/aromatic N) is 1. The van der Waals surface area contributed by atoms with E-state index < -0.39 is 12.1 Å². The molecule has 2 rings (SSSR count). The number of aromatic nitrogens is 1. The molecule has 0 saturated carbocycles. The van der Waals surface area contributed by atoms with Crippen LogP contribution in [0.2, 0.25) is 0 Å². The van der Waals surface area contributed by atoms with Gasteiger partial charge < -0.3 is 10.1 Å². The Morgan fingerprint density at radius 2 is 2.00 bits per heavy atom. The molecule has 1 unspecified atom stereocenters. The number of carbonyl (C=O) groups excluding carboxylic acids is 2. The number of thiazole rings is 1. The van der Waals surface area contributed by atoms with Crippen LogP contribution in [-0.2, 0) is 11.3 Å². The van der Waals surface area contributed by atoms with E-state index in [1.165, 1.54) is 11.3 Å². The summed E-state index contributed by atoms with van der Waals surface area (Å²) >= 11 is 1.26. The number of Topliss-reactive ketones (excluding diaryl/α,β-unsaturated/α-hetero) is 1. The van der Waals surface area contributed by atoms with Gasteiger partial charge in [0, 0.05) is 11.6 Å². The zero-order chi connectivity index (χ0) is 15.9. The normalized spacial score (nSPS) is 12.0. The number of rotatable bonds is 6. The Morgan fingerprint density at radius 1 is 1.27 bits per heavy atom. The van der Waals surface area contributed by atoms with Gasteiger partial charge in [-0.05, 0) is 11.5 Å². The Bertz CT molecular complexity index is 612. The number of nitrogens with one attached hydrogen (secondary N) is 1. The number of alkyl carbamates (subject to hydrolysis) is 1. The Morgan fingerprint density at radius 3 is 2.59 bits per heavy atom. The minimum atomic E-state index is -0.644. The van der Waals surface area contributed by atoms with Crippen LogP contribution in [0.15, 0.2) is 41.9 Å². The van der Waals surface area contributed by atoms with Crippen LogP contribution >= 0.6 is 11.3 Å². The summed E-state index contributed by atoms with van der Waals surface area (Å²) in [4.78, 5) is 28.2. The number of ketones is 1. The monoisotopic (exact) mass is 318 g/mol. The maximum Gasteiger partial charge on any atom is 0.408 e. The van der Waals surface area contributed by atoms with Gasteiger partial charge in [0.2, 0.25) is 5.78 Å². The van der Waals surface area contributed by atoms with E-state index in [9.17, 15) is 9.59 Å². The van der Waals surface area contributed by atoms with Crippen molar-refractivity contribution in [2.24, 2.45) is 5.92 Å². The molecule has 1 atom stereocenters. The molecule has 0 aliphatic carbocycles. The average Bonchev–Trinajstić information content (AvgIpc) is 3.05. The second-order valence-corrected chi connectivity index (χ2v) is 6.02. The van der Waals surface area contributed by atoms with Gasteiger partial charge in [0.1, 0.15) is 12.6 Å². The van der Waals surface area contributed by atoms with Gasteiger partial charge >= 0.3 is 6.09 Å². The minimum Gasteiger partial charge on any atom is -0.445 e. The maximum absolute atomic E-state index is 12.3. The van der Waals surface area contributed by atoms with Crippen molar-refractivity contribution in [2.45, 2.75) is 26.5 Å². The lowest BCUT2D eigenvalue weighted by atomic mass is 10.0. The third kappa shape index (κ3) is 4.39. The highest BCUT2D eigenvalue weighted by molar-refractivity contribution is 7.11. The first-order valence-corrected chi connectivity index (χ1v) is 7.87. The summed E-state index contributed by atoms with van der Waals surface area (Å²) in [5.41, 5.74) is 0.894. The van der Waals surface area contributed by atoms with Crippen LogP contribution in [0.1, 0.15) is 29.2 Å². The number of hydrogen-bond acceptors (Lipinski definition) is 5. The fourth-order valence-electron chi connectivity index (χ4n) is 1.90. The molecule has 2 aromatic rings. The van der Waals surface area contributed by atoms with Gasteiger partial charge in [-0.1, -0.05) is 44.2 Å². The van der Waals surface area contributed by atoms with Crippen molar-refractivity contribution in [3.8, 4) is 0 Å². The van der Waals surface area contributed by atoms with Crippen LogP contribution in [0.3, 0.4) is 0 Å². The van der Waals surface area contributed by atoms with Crippen LogP contribution in [0.5, 0.6) is 0 Å². The topological polar surface area (TPSA) is 68.3 Å². The lowest BCUT2D eigenvalue weighted by Gasteiger charge is -2.19. The molecule has 1 aromatic carbocycles. The highest BCUT2D eigenvalue weighted by Gasteiger charge is 2.27. The van der Waals surface area contributed by atoms with Crippen LogP contribution < -0.4 is 5.32 Å². The van der Waals surface area contributed by atoms with Crippen LogP contribution in [-0.4, -0.2) is 22.9 Å². The molecule has 0 fully saturated rings. The summed E-state index contributed by atoms with van der Waals surface area (Å²) in [6, 6.07) is 8.74. The van der Waals surface area contributed by atoms with Crippen LogP contribution in [0.4, 0.5) is 4.79 Å². The van der Waals surface area contributed by atoms with Crippen LogP contribution in [0.25, 0.3) is 0 Å². The first kappa shape index (κ1) is 16.2. The lowest BCUT2D eigenvalue weighted by molar-refractivity contribution is 0.0886. The molecule has 0 aliphatic rings. The largest absolute Gasteiger partial charge is 0.445 e. The fraction of sp³-hybridized carbons (Fsp3) is 0.312. The smallest absolute Gasteiger partial charge is 0.408 e. The molecule has 22 heavy (non-hydrogen) atoms. The van der Waals surface area contributed by atoms with Crippen molar-refractivity contribution < 1.29 is 14.3 Å². The van der Waals surface area contributed by atoms with E-state index in [2.05, 4.69) is 10.3 Å². The SMILES string of the molecule is CC(C)C(NC(=O)OCc1ccccc1)C(=O)c1nccs1. The number of benzene rings is 1. The highest BCUT2D eigenvalue weighted by Crippen LogP contribution is 2.13. The van der Waals surface area contributed by atoms with Gasteiger partial charge in [-0.15, -0.1) is 11.3 Å². The van der Waals surface area contributed by atoms with Gasteiger partial charge in [-0.25, -0.2) is 9.78 Å². The summed E-state index contributed by atoms with van der Waals surface area (Å²) in [6.07, 6.45) is 0.968. The first-order chi connectivity index (χ1) is 10.6. The van der Waals surface area contributed by atoms with E-state index in [1.54, 1.807) is 11.6 Å². The molecule has 116 valence electrons. The van der Waals surface area contributed by atoms with Crippen molar-refractivity contribution in [3.63, 3.8) is 0 Å². The van der Waals surface area contributed by atoms with Crippen molar-refractivity contribution >= 4 is 23.2 Å². The molecule has 0 saturated heterocycles. The summed E-state index contributed by atoms with van der Waals surface area (Å²) in [5.74, 6) is -0.248. The van der Waals surface area contributed by atoms with E-state index in [-0.39, 0.29) is 18.3 Å². The molecule has 6 heteroatoms. The molecular formula is C16H18N2O3S. The maximum atomic E-state index is 12.3. The molecule has 5 nitrogen and oxygen atoms in total. The zero-order valence-electron chi connectivity index (χ0n) is 12.5. The van der Waals surface area contributed by atoms with E-state index in [0.29, 0.717) is 5.01 Å². The predicted octanol–water partition coefficient (Wildman–Crippen LogP) is 3.28. The lowest BCUT2D eigenvalue weighted by Crippen LogP contribution is -2.44. The quantitative estimate of drug-likeness (QED) is 0.830. The molecular weight excluding hydrogens is 300 g/mol. The van der Waals surface area contributed by atoms with Crippen molar-refractivity contribution in [2.75, 3.05) is 0 Å². The number of ether oxygens (including phenoxy) is 1. The first-order valence-electron chi connectivity index (χ1n) is 6.99. The standard InChI is InChI=1S/C16H18N2O3S/c1-11(2)13(14(19)15-17-8-9-22-15)18-16(20)21-10-12-6-4-3-5-7-12/h3-9,11,13H,10H2,1-2H3,(H,18,20). The third-order valence-corrected chi connectivity index (χ3v) is 3.87. The second kappa shape index (κ2) is 7.70. The van der Waals surface area contributed by atoms with E-state index in [0.717, 1.165) is 5.56 Å². The molecule has 1 N–H and O–H groups in total. The van der Waals surface area contributed by atoms with Gasteiger partial charge in [-0.3, -0.25) is 4.79 Å². The van der Waals surface area contributed by atoms with Gasteiger partial charge in [-0.2, -0.15) is 0 Å². The summed E-state index contributed by atoms with van der Waals surface area (Å²) in [6.45, 7) is 3.91. The number of carbonyl (C=O) groups is 2. The predicted molar refractivity (Wildman–Crippen MR) is 84.8 cm³/mol.